The fourth-order valence-corrected chi connectivity index (χ4v) is 4.86. The molecular formula is C25H32N2O4. The Morgan fingerprint density at radius 1 is 1.19 bits per heavy atom. The zero-order valence-electron chi connectivity index (χ0n) is 18.2. The molecule has 166 valence electrons. The summed E-state index contributed by atoms with van der Waals surface area (Å²) in [6, 6.07) is 12.3. The molecule has 0 radical (unpaired) electrons. The van der Waals surface area contributed by atoms with E-state index < -0.39 is 0 Å². The molecule has 4 rings (SSSR count). The molecule has 2 aliphatic rings. The zero-order valence-corrected chi connectivity index (χ0v) is 18.2. The number of fused-ring (bicyclic) bond motifs is 1. The van der Waals surface area contributed by atoms with E-state index in [0.29, 0.717) is 38.1 Å². The van der Waals surface area contributed by atoms with E-state index in [0.717, 1.165) is 49.0 Å². The molecule has 6 heteroatoms. The molecule has 2 aromatic carbocycles. The van der Waals surface area contributed by atoms with E-state index in [4.69, 9.17) is 9.47 Å². The van der Waals surface area contributed by atoms with Gasteiger partial charge in [-0.15, -0.1) is 0 Å². The molecule has 2 aliphatic heterocycles. The van der Waals surface area contributed by atoms with Crippen molar-refractivity contribution in [2.45, 2.75) is 50.5 Å². The Kier molecular flexibility index (Phi) is 6.76. The van der Waals surface area contributed by atoms with Crippen LogP contribution in [0.15, 0.2) is 36.4 Å². The Bertz CT molecular complexity index is 938. The van der Waals surface area contributed by atoms with Crippen LogP contribution in [-0.2, 0) is 20.7 Å². The fourth-order valence-electron chi connectivity index (χ4n) is 4.86. The van der Waals surface area contributed by atoms with Gasteiger partial charge in [0.2, 0.25) is 11.8 Å². The van der Waals surface area contributed by atoms with Crippen LogP contribution in [-0.4, -0.2) is 44.2 Å². The van der Waals surface area contributed by atoms with Gasteiger partial charge in [-0.2, -0.15) is 0 Å². The fraction of sp³-hybridized carbons (Fsp3) is 0.520. The number of carbonyl (C=O) groups excluding carboxylic acids is 2. The molecule has 2 heterocycles. The minimum absolute atomic E-state index is 0.0617. The summed E-state index contributed by atoms with van der Waals surface area (Å²) in [6.45, 7) is 2.28. The Labute approximate surface area is 183 Å². The van der Waals surface area contributed by atoms with Crippen molar-refractivity contribution in [1.29, 1.82) is 0 Å². The van der Waals surface area contributed by atoms with Gasteiger partial charge in [0.25, 0.3) is 0 Å². The maximum atomic E-state index is 12.5. The van der Waals surface area contributed by atoms with Crippen molar-refractivity contribution in [3.63, 3.8) is 0 Å². The minimum Gasteiger partial charge on any atom is -0.496 e. The first-order valence-electron chi connectivity index (χ1n) is 11.3. The number of rotatable bonds is 8. The van der Waals surface area contributed by atoms with Crippen LogP contribution >= 0.6 is 0 Å². The van der Waals surface area contributed by atoms with Gasteiger partial charge in [-0.05, 0) is 55.0 Å². The number of hydrogen-bond acceptors (Lipinski definition) is 4. The maximum Gasteiger partial charge on any atom is 0.220 e. The van der Waals surface area contributed by atoms with Gasteiger partial charge in [0, 0.05) is 43.5 Å². The molecule has 0 unspecified atom stereocenters. The monoisotopic (exact) mass is 424 g/mol. The van der Waals surface area contributed by atoms with E-state index in [1.807, 2.05) is 18.2 Å². The molecule has 1 atom stereocenters. The molecule has 0 bridgehead atoms. The molecule has 0 aliphatic carbocycles. The normalized spacial score (nSPS) is 21.8. The highest BCUT2D eigenvalue weighted by atomic mass is 16.5. The summed E-state index contributed by atoms with van der Waals surface area (Å²) in [6.07, 6.45) is 5.03. The summed E-state index contributed by atoms with van der Waals surface area (Å²) in [4.78, 5) is 24.7. The lowest BCUT2D eigenvalue weighted by atomic mass is 9.83. The van der Waals surface area contributed by atoms with Crippen molar-refractivity contribution in [2.75, 3.05) is 26.9 Å². The van der Waals surface area contributed by atoms with E-state index in [9.17, 15) is 9.59 Å². The zero-order chi connectivity index (χ0) is 21.7. The van der Waals surface area contributed by atoms with Crippen LogP contribution in [0.1, 0.15) is 44.1 Å². The largest absolute Gasteiger partial charge is 0.496 e. The van der Waals surface area contributed by atoms with Gasteiger partial charge in [0.1, 0.15) is 5.75 Å². The summed E-state index contributed by atoms with van der Waals surface area (Å²) in [5, 5.41) is 8.49. The molecular weight excluding hydrogens is 392 g/mol. The molecule has 0 saturated carbocycles. The summed E-state index contributed by atoms with van der Waals surface area (Å²) >= 11 is 0. The first-order valence-corrected chi connectivity index (χ1v) is 11.3. The van der Waals surface area contributed by atoms with Crippen LogP contribution in [0.25, 0.3) is 10.8 Å². The van der Waals surface area contributed by atoms with Crippen LogP contribution in [0.3, 0.4) is 0 Å². The van der Waals surface area contributed by atoms with Gasteiger partial charge in [0.15, 0.2) is 0 Å². The molecule has 2 fully saturated rings. The smallest absolute Gasteiger partial charge is 0.220 e. The van der Waals surface area contributed by atoms with Gasteiger partial charge in [-0.3, -0.25) is 9.59 Å². The Hall–Kier alpha value is -2.60. The van der Waals surface area contributed by atoms with Gasteiger partial charge in [-0.25, -0.2) is 0 Å². The average molecular weight is 425 g/mol. The SMILES string of the molecule is COc1ccc(C[C@@]2(CCC(=O)NCC3CCOCC3)CCC(=O)N2)c2ccccc12. The molecule has 0 aromatic heterocycles. The van der Waals surface area contributed by atoms with Crippen LogP contribution in [0.4, 0.5) is 0 Å². The number of ether oxygens (including phenoxy) is 2. The minimum atomic E-state index is -0.384. The van der Waals surface area contributed by atoms with Gasteiger partial charge < -0.3 is 20.1 Å². The molecule has 6 nitrogen and oxygen atoms in total. The van der Waals surface area contributed by atoms with Crippen molar-refractivity contribution in [3.8, 4) is 5.75 Å². The maximum absolute atomic E-state index is 12.5. The Morgan fingerprint density at radius 2 is 1.97 bits per heavy atom. The topological polar surface area (TPSA) is 76.7 Å². The van der Waals surface area contributed by atoms with E-state index in [1.54, 1.807) is 7.11 Å². The third kappa shape index (κ3) is 5.18. The molecule has 2 saturated heterocycles. The van der Waals surface area contributed by atoms with Gasteiger partial charge in [0.05, 0.1) is 7.11 Å². The molecule has 2 aromatic rings. The number of methoxy groups -OCH3 is 1. The molecule has 31 heavy (non-hydrogen) atoms. The first kappa shape index (κ1) is 21.6. The van der Waals surface area contributed by atoms with E-state index in [2.05, 4.69) is 28.8 Å². The highest BCUT2D eigenvalue weighted by molar-refractivity contribution is 5.91. The summed E-state index contributed by atoms with van der Waals surface area (Å²) in [7, 11) is 1.68. The standard InChI is InChI=1S/C25H32N2O4/c1-30-22-7-6-19(20-4-2-3-5-21(20)22)16-25(13-9-24(29)27-25)12-8-23(28)26-17-18-10-14-31-15-11-18/h2-7,18H,8-17H2,1H3,(H,26,28)(H,27,29)/t25-/m1/s1. The number of hydrogen-bond donors (Lipinski definition) is 2. The highest BCUT2D eigenvalue weighted by Crippen LogP contribution is 2.34. The van der Waals surface area contributed by atoms with E-state index in [-0.39, 0.29) is 17.4 Å². The van der Waals surface area contributed by atoms with Gasteiger partial charge >= 0.3 is 0 Å². The second-order valence-corrected chi connectivity index (χ2v) is 8.84. The lowest BCUT2D eigenvalue weighted by Gasteiger charge is -2.30. The van der Waals surface area contributed by atoms with Crippen molar-refractivity contribution < 1.29 is 19.1 Å². The molecule has 0 spiro atoms. The van der Waals surface area contributed by atoms with E-state index in [1.165, 1.54) is 5.56 Å². The highest BCUT2D eigenvalue weighted by Gasteiger charge is 2.38. The van der Waals surface area contributed by atoms with Crippen molar-refractivity contribution >= 4 is 22.6 Å². The quantitative estimate of drug-likeness (QED) is 0.681. The van der Waals surface area contributed by atoms with Crippen molar-refractivity contribution in [1.82, 2.24) is 10.6 Å². The summed E-state index contributed by atoms with van der Waals surface area (Å²) in [5.41, 5.74) is 0.783. The molecule has 2 N–H and O–H groups in total. The van der Waals surface area contributed by atoms with Crippen LogP contribution in [0, 0.1) is 5.92 Å². The number of nitrogens with one attached hydrogen (secondary N) is 2. The van der Waals surface area contributed by atoms with Crippen molar-refractivity contribution in [3.05, 3.63) is 42.0 Å². The third-order valence-electron chi connectivity index (χ3n) is 6.72. The van der Waals surface area contributed by atoms with Crippen molar-refractivity contribution in [2.24, 2.45) is 5.92 Å². The summed E-state index contributed by atoms with van der Waals surface area (Å²) in [5.74, 6) is 1.48. The average Bonchev–Trinajstić information content (AvgIpc) is 3.18. The second-order valence-electron chi connectivity index (χ2n) is 8.84. The molecule has 2 amide bonds. The second kappa shape index (κ2) is 9.69. The van der Waals surface area contributed by atoms with E-state index >= 15 is 0 Å². The van der Waals surface area contributed by atoms with Crippen LogP contribution < -0.4 is 15.4 Å². The predicted octanol–water partition coefficient (Wildman–Crippen LogP) is 3.36. The Morgan fingerprint density at radius 3 is 2.68 bits per heavy atom. The van der Waals surface area contributed by atoms with Gasteiger partial charge in [-0.1, -0.05) is 30.3 Å². The number of carbonyl (C=O) groups is 2. The number of benzene rings is 2. The lowest BCUT2D eigenvalue weighted by molar-refractivity contribution is -0.123. The predicted molar refractivity (Wildman–Crippen MR) is 120 cm³/mol. The van der Waals surface area contributed by atoms with Crippen LogP contribution in [0.2, 0.25) is 0 Å². The lowest BCUT2D eigenvalue weighted by Crippen LogP contribution is -2.44. The third-order valence-corrected chi connectivity index (χ3v) is 6.72. The van der Waals surface area contributed by atoms with Crippen LogP contribution in [0.5, 0.6) is 5.75 Å². The first-order chi connectivity index (χ1) is 15.1. The summed E-state index contributed by atoms with van der Waals surface area (Å²) < 4.78 is 10.9. The number of amides is 2. The Balaban J connectivity index is 1.44.